The zero-order valence-corrected chi connectivity index (χ0v) is 5.51. The monoisotopic (exact) mass is 122 g/mol. The van der Waals surface area contributed by atoms with Crippen LogP contribution in [0, 0.1) is 13.1 Å². The van der Waals surface area contributed by atoms with Gasteiger partial charge < -0.3 is 4.74 Å². The van der Waals surface area contributed by atoms with E-state index in [0.29, 0.717) is 0 Å². The Bertz CT molecular complexity index is 198. The topological polar surface area (TPSA) is 22.1 Å². The standard InChI is InChI=1S/C7H8NO/c1-6-5-8-4-3-7(6)9-2/h3,5H,1-2H3. The van der Waals surface area contributed by atoms with E-state index >= 15 is 0 Å². The molecule has 2 nitrogen and oxygen atoms in total. The minimum Gasteiger partial charge on any atom is -0.496 e. The van der Waals surface area contributed by atoms with Crippen LogP contribution in [-0.4, -0.2) is 12.1 Å². The van der Waals surface area contributed by atoms with Crippen molar-refractivity contribution in [2.75, 3.05) is 7.11 Å². The molecule has 0 aliphatic rings. The maximum absolute atomic E-state index is 4.97. The summed E-state index contributed by atoms with van der Waals surface area (Å²) in [7, 11) is 1.64. The summed E-state index contributed by atoms with van der Waals surface area (Å²) in [5.41, 5.74) is 1.04. The molecular formula is C7H8NO. The van der Waals surface area contributed by atoms with E-state index in [4.69, 9.17) is 4.74 Å². The van der Waals surface area contributed by atoms with Gasteiger partial charge in [-0.25, -0.2) is 0 Å². The summed E-state index contributed by atoms with van der Waals surface area (Å²) < 4.78 is 4.97. The summed E-state index contributed by atoms with van der Waals surface area (Å²) in [5, 5.41) is 0. The smallest absolute Gasteiger partial charge is 0.125 e. The first-order valence-corrected chi connectivity index (χ1v) is 2.71. The first-order valence-electron chi connectivity index (χ1n) is 2.71. The number of nitrogens with zero attached hydrogens (tertiary/aromatic N) is 1. The first-order chi connectivity index (χ1) is 4.34. The Hall–Kier alpha value is -1.05. The molecular weight excluding hydrogens is 114 g/mol. The van der Waals surface area contributed by atoms with Gasteiger partial charge in [0.05, 0.1) is 13.3 Å². The molecule has 0 amide bonds. The molecule has 0 fully saturated rings. The lowest BCUT2D eigenvalue weighted by Crippen LogP contribution is -1.86. The van der Waals surface area contributed by atoms with E-state index < -0.39 is 0 Å². The molecule has 9 heavy (non-hydrogen) atoms. The number of hydrogen-bond acceptors (Lipinski definition) is 2. The summed E-state index contributed by atoms with van der Waals surface area (Å²) in [6.07, 6.45) is 4.40. The number of hydrogen-bond donors (Lipinski definition) is 0. The van der Waals surface area contributed by atoms with Gasteiger partial charge in [-0.05, 0) is 6.92 Å². The van der Waals surface area contributed by atoms with Gasteiger partial charge in [-0.15, -0.1) is 0 Å². The van der Waals surface area contributed by atoms with Crippen LogP contribution in [0.3, 0.4) is 0 Å². The van der Waals surface area contributed by atoms with Crippen LogP contribution in [0.2, 0.25) is 0 Å². The fourth-order valence-electron chi connectivity index (χ4n) is 0.627. The van der Waals surface area contributed by atoms with Gasteiger partial charge in [0.15, 0.2) is 0 Å². The average Bonchev–Trinajstić information content (AvgIpc) is 1.89. The first kappa shape index (κ1) is 6.08. The number of methoxy groups -OCH3 is 1. The number of ether oxygens (including phenoxy) is 1. The second-order valence-electron chi connectivity index (χ2n) is 1.78. The average molecular weight is 122 g/mol. The summed E-state index contributed by atoms with van der Waals surface area (Å²) in [5.74, 6) is 0.838. The number of aryl methyl sites for hydroxylation is 1. The molecule has 0 N–H and O–H groups in total. The molecule has 0 saturated heterocycles. The fourth-order valence-corrected chi connectivity index (χ4v) is 0.627. The minimum atomic E-state index is 0.838. The third kappa shape index (κ3) is 1.19. The van der Waals surface area contributed by atoms with E-state index in [0.717, 1.165) is 11.3 Å². The van der Waals surface area contributed by atoms with E-state index in [-0.39, 0.29) is 0 Å². The molecule has 1 aromatic rings. The fraction of sp³-hybridized carbons (Fsp3) is 0.286. The zero-order valence-electron chi connectivity index (χ0n) is 5.51. The van der Waals surface area contributed by atoms with Crippen molar-refractivity contribution in [3.63, 3.8) is 0 Å². The van der Waals surface area contributed by atoms with Gasteiger partial charge in [0, 0.05) is 17.8 Å². The van der Waals surface area contributed by atoms with Crippen molar-refractivity contribution in [1.82, 2.24) is 4.98 Å². The van der Waals surface area contributed by atoms with Crippen LogP contribution in [0.4, 0.5) is 0 Å². The van der Waals surface area contributed by atoms with Gasteiger partial charge in [-0.2, -0.15) is 0 Å². The highest BCUT2D eigenvalue weighted by Gasteiger charge is 1.92. The Morgan fingerprint density at radius 3 is 2.89 bits per heavy atom. The Morgan fingerprint density at radius 2 is 2.44 bits per heavy atom. The molecule has 47 valence electrons. The largest absolute Gasteiger partial charge is 0.496 e. The third-order valence-corrected chi connectivity index (χ3v) is 1.14. The molecule has 2 heteroatoms. The summed E-state index contributed by atoms with van der Waals surface area (Å²) in [6, 6.07) is 1.72. The normalized spacial score (nSPS) is 9.11. The third-order valence-electron chi connectivity index (χ3n) is 1.14. The molecule has 0 aromatic carbocycles. The zero-order chi connectivity index (χ0) is 6.69. The minimum absolute atomic E-state index is 0.838. The maximum atomic E-state index is 4.97. The van der Waals surface area contributed by atoms with Gasteiger partial charge in [-0.3, -0.25) is 4.98 Å². The van der Waals surface area contributed by atoms with Crippen molar-refractivity contribution in [3.8, 4) is 5.75 Å². The second kappa shape index (κ2) is 2.49. The summed E-state index contributed by atoms with van der Waals surface area (Å²) >= 11 is 0. The number of aromatic nitrogens is 1. The lowest BCUT2D eigenvalue weighted by molar-refractivity contribution is 0.411. The van der Waals surface area contributed by atoms with Crippen LogP contribution >= 0.6 is 0 Å². The van der Waals surface area contributed by atoms with Crippen molar-refractivity contribution >= 4 is 0 Å². The van der Waals surface area contributed by atoms with Gasteiger partial charge in [0.25, 0.3) is 0 Å². The Balaban J connectivity index is 3.01. The van der Waals surface area contributed by atoms with Crippen molar-refractivity contribution in [3.05, 3.63) is 24.0 Å². The van der Waals surface area contributed by atoms with E-state index in [2.05, 4.69) is 11.2 Å². The van der Waals surface area contributed by atoms with Gasteiger partial charge in [0.2, 0.25) is 0 Å². The van der Waals surface area contributed by atoms with E-state index in [9.17, 15) is 0 Å². The van der Waals surface area contributed by atoms with E-state index in [1.165, 1.54) is 0 Å². The molecule has 0 saturated carbocycles. The van der Waals surface area contributed by atoms with E-state index in [1.54, 1.807) is 19.4 Å². The highest BCUT2D eigenvalue weighted by Crippen LogP contribution is 2.12. The van der Waals surface area contributed by atoms with Gasteiger partial charge >= 0.3 is 0 Å². The van der Waals surface area contributed by atoms with Crippen LogP contribution in [0.15, 0.2) is 12.3 Å². The molecule has 0 unspecified atom stereocenters. The van der Waals surface area contributed by atoms with Gasteiger partial charge in [0.1, 0.15) is 5.75 Å². The number of rotatable bonds is 1. The quantitative estimate of drug-likeness (QED) is 0.558. The summed E-state index contributed by atoms with van der Waals surface area (Å²) in [4.78, 5) is 3.79. The lowest BCUT2D eigenvalue weighted by Gasteiger charge is -1.99. The predicted molar refractivity (Wildman–Crippen MR) is 34.4 cm³/mol. The van der Waals surface area contributed by atoms with Crippen LogP contribution in [0.5, 0.6) is 5.75 Å². The Labute approximate surface area is 54.5 Å². The molecule has 0 spiro atoms. The van der Waals surface area contributed by atoms with Crippen molar-refractivity contribution in [2.45, 2.75) is 6.92 Å². The molecule has 1 rings (SSSR count). The van der Waals surface area contributed by atoms with Crippen molar-refractivity contribution < 1.29 is 4.74 Å². The lowest BCUT2D eigenvalue weighted by atomic mass is 10.3. The molecule has 0 aliphatic heterocycles. The van der Waals surface area contributed by atoms with Crippen LogP contribution in [0.1, 0.15) is 5.56 Å². The SMILES string of the molecule is COc1c[c]ncc1C. The molecule has 0 bridgehead atoms. The summed E-state index contributed by atoms with van der Waals surface area (Å²) in [6.45, 7) is 1.94. The molecule has 1 radical (unpaired) electrons. The van der Waals surface area contributed by atoms with Crippen molar-refractivity contribution in [1.29, 1.82) is 0 Å². The van der Waals surface area contributed by atoms with Crippen LogP contribution in [-0.2, 0) is 0 Å². The van der Waals surface area contributed by atoms with Gasteiger partial charge in [-0.1, -0.05) is 0 Å². The van der Waals surface area contributed by atoms with E-state index in [1.807, 2.05) is 6.92 Å². The molecule has 1 heterocycles. The van der Waals surface area contributed by atoms with Crippen LogP contribution < -0.4 is 4.74 Å². The molecule has 0 atom stereocenters. The van der Waals surface area contributed by atoms with Crippen molar-refractivity contribution in [2.24, 2.45) is 0 Å². The highest BCUT2D eigenvalue weighted by molar-refractivity contribution is 5.27. The molecule has 1 aromatic heterocycles. The predicted octanol–water partition coefficient (Wildman–Crippen LogP) is 1.20. The van der Waals surface area contributed by atoms with Crippen LogP contribution in [0.25, 0.3) is 0 Å². The Kier molecular flexibility index (Phi) is 1.68. The second-order valence-corrected chi connectivity index (χ2v) is 1.78. The Morgan fingerprint density at radius 1 is 1.67 bits per heavy atom. The highest BCUT2D eigenvalue weighted by atomic mass is 16.5. The maximum Gasteiger partial charge on any atom is 0.125 e. The molecule has 0 aliphatic carbocycles. The number of pyridine rings is 1.